The van der Waals surface area contributed by atoms with Crippen molar-refractivity contribution in [2.45, 2.75) is 105 Å². The van der Waals surface area contributed by atoms with Crippen LogP contribution in [0.3, 0.4) is 0 Å². The highest BCUT2D eigenvalue weighted by atomic mass is 19.1. The molecule has 0 unspecified atom stereocenters. The Bertz CT molecular complexity index is 2400. The lowest BCUT2D eigenvalue weighted by Crippen LogP contribution is -2.54. The highest BCUT2D eigenvalue weighted by molar-refractivity contribution is 6.00. The van der Waals surface area contributed by atoms with E-state index in [9.17, 15) is 14.4 Å². The predicted molar refractivity (Wildman–Crippen MR) is 238 cm³/mol. The molecule has 3 N–H and O–H groups in total. The minimum atomic E-state index is -0.553. The average molecular weight is 847 g/mol. The molecule has 0 aliphatic carbocycles. The highest BCUT2D eigenvalue weighted by Gasteiger charge is 2.31. The summed E-state index contributed by atoms with van der Waals surface area (Å²) in [6, 6.07) is 19.5. The van der Waals surface area contributed by atoms with Crippen molar-refractivity contribution in [2.75, 3.05) is 38.2 Å². The second kappa shape index (κ2) is 19.5. The van der Waals surface area contributed by atoms with Gasteiger partial charge in [0.15, 0.2) is 5.65 Å². The molecule has 13 nitrogen and oxygen atoms in total. The SMILES string of the molecule is CCc1nc2c(cnn2CC)c(NC2CCOCC2)c1CNC(=O)c1cccc(C(=O)NCc2ccc(F)c(-c3cccc(CN4CCN(C(=O)OC(C)(C)C)[C@@H](C)C4)c3)c2)c1. The van der Waals surface area contributed by atoms with Gasteiger partial charge >= 0.3 is 6.09 Å². The number of carbonyl (C=O) groups is 3. The van der Waals surface area contributed by atoms with E-state index in [1.807, 2.05) is 69.8 Å². The number of benzene rings is 3. The van der Waals surface area contributed by atoms with Crippen molar-refractivity contribution in [3.05, 3.63) is 112 Å². The summed E-state index contributed by atoms with van der Waals surface area (Å²) in [6.07, 6.45) is 3.97. The van der Waals surface area contributed by atoms with Crippen molar-refractivity contribution in [3.63, 3.8) is 0 Å². The molecule has 2 aromatic heterocycles. The van der Waals surface area contributed by atoms with Gasteiger partial charge in [0.25, 0.3) is 11.8 Å². The van der Waals surface area contributed by atoms with Crippen LogP contribution in [0.15, 0.2) is 72.9 Å². The van der Waals surface area contributed by atoms with Gasteiger partial charge in [0.1, 0.15) is 11.4 Å². The number of anilines is 1. The Labute approximate surface area is 363 Å². The number of rotatable bonds is 13. The average Bonchev–Trinajstić information content (AvgIpc) is 3.68. The number of nitrogens with one attached hydrogen (secondary N) is 3. The van der Waals surface area contributed by atoms with E-state index >= 15 is 4.39 Å². The largest absolute Gasteiger partial charge is 0.444 e. The third-order valence-electron chi connectivity index (χ3n) is 11.5. The normalized spacial score (nSPS) is 16.3. The van der Waals surface area contributed by atoms with E-state index in [0.29, 0.717) is 69.0 Å². The molecule has 0 saturated carbocycles. The smallest absolute Gasteiger partial charge is 0.410 e. The fraction of sp³-hybridized carbons (Fsp3) is 0.438. The molecule has 5 aromatic rings. The number of halogens is 1. The minimum absolute atomic E-state index is 0.0138. The molecule has 62 heavy (non-hydrogen) atoms. The Kier molecular flexibility index (Phi) is 13.9. The van der Waals surface area contributed by atoms with Crippen molar-refractivity contribution in [3.8, 4) is 11.1 Å². The third-order valence-corrected chi connectivity index (χ3v) is 11.5. The van der Waals surface area contributed by atoms with Gasteiger partial charge in [-0.15, -0.1) is 0 Å². The fourth-order valence-electron chi connectivity index (χ4n) is 8.22. The van der Waals surface area contributed by atoms with Crippen molar-refractivity contribution < 1.29 is 28.2 Å². The molecule has 7 rings (SSSR count). The molecule has 4 heterocycles. The number of hydrogen-bond acceptors (Lipinski definition) is 9. The Balaban J connectivity index is 0.982. The van der Waals surface area contributed by atoms with Crippen LogP contribution < -0.4 is 16.0 Å². The number of aryl methyl sites for hydroxylation is 2. The summed E-state index contributed by atoms with van der Waals surface area (Å²) in [4.78, 5) is 48.9. The number of nitrogens with zero attached hydrogens (tertiary/aromatic N) is 5. The number of carbonyl (C=O) groups excluding carboxylic acids is 3. The summed E-state index contributed by atoms with van der Waals surface area (Å²) < 4.78 is 28.4. The number of ether oxygens (including phenoxy) is 2. The summed E-state index contributed by atoms with van der Waals surface area (Å²) in [6.45, 7) is 16.8. The summed E-state index contributed by atoms with van der Waals surface area (Å²) in [5, 5.41) is 15.3. The molecule has 0 radical (unpaired) electrons. The maximum absolute atomic E-state index is 15.3. The van der Waals surface area contributed by atoms with Crippen LogP contribution >= 0.6 is 0 Å². The second-order valence-corrected chi connectivity index (χ2v) is 17.2. The van der Waals surface area contributed by atoms with Gasteiger partial charge in [-0.1, -0.05) is 37.3 Å². The lowest BCUT2D eigenvalue weighted by molar-refractivity contribution is 0.000540. The summed E-state index contributed by atoms with van der Waals surface area (Å²) in [5.41, 5.74) is 6.61. The van der Waals surface area contributed by atoms with Crippen LogP contribution in [-0.2, 0) is 42.1 Å². The van der Waals surface area contributed by atoms with Crippen molar-refractivity contribution >= 4 is 34.6 Å². The maximum atomic E-state index is 15.3. The summed E-state index contributed by atoms with van der Waals surface area (Å²) in [5.74, 6) is -1.03. The molecule has 3 amide bonds. The first-order chi connectivity index (χ1) is 29.8. The first kappa shape index (κ1) is 44.2. The highest BCUT2D eigenvalue weighted by Crippen LogP contribution is 2.32. The standard InChI is InChI=1S/C48H59FN8O5/c1-7-42-39(43(53-37-17-21-61-22-18-37)40-28-52-57(8-2)44(40)54-42)27-51-46(59)36-14-10-13-35(25-36)45(58)50-26-32-15-16-41(49)38(24-32)34-12-9-11-33(23-34)30-55-19-20-56(31(3)29-55)47(60)62-48(4,5)6/h9-16,23-25,28,31,37H,7-8,17-22,26-27,29-30H2,1-6H3,(H,50,58)(H,51,59)(H,53,54)/t31-/m0/s1. The molecule has 14 heteroatoms. The number of aromatic nitrogens is 3. The topological polar surface area (TPSA) is 143 Å². The zero-order valence-corrected chi connectivity index (χ0v) is 36.7. The number of pyridine rings is 1. The zero-order chi connectivity index (χ0) is 44.0. The number of fused-ring (bicyclic) bond motifs is 1. The summed E-state index contributed by atoms with van der Waals surface area (Å²) in [7, 11) is 0. The molecule has 0 bridgehead atoms. The molecule has 3 aromatic carbocycles. The molecule has 2 aliphatic rings. The van der Waals surface area contributed by atoms with E-state index in [2.05, 4.69) is 32.9 Å². The molecular formula is C48H59FN8O5. The zero-order valence-electron chi connectivity index (χ0n) is 36.7. The predicted octanol–water partition coefficient (Wildman–Crippen LogP) is 7.71. The first-order valence-electron chi connectivity index (χ1n) is 21.8. The van der Waals surface area contributed by atoms with Gasteiger partial charge in [-0.25, -0.2) is 18.9 Å². The molecule has 2 aliphatic heterocycles. The Hall–Kier alpha value is -5.86. The van der Waals surface area contributed by atoms with Crippen LogP contribution in [0.2, 0.25) is 0 Å². The van der Waals surface area contributed by atoms with Crippen LogP contribution in [0.4, 0.5) is 14.9 Å². The molecule has 328 valence electrons. The third kappa shape index (κ3) is 10.6. The fourth-order valence-corrected chi connectivity index (χ4v) is 8.22. The summed E-state index contributed by atoms with van der Waals surface area (Å²) >= 11 is 0. The van der Waals surface area contributed by atoms with E-state index in [1.54, 1.807) is 41.3 Å². The van der Waals surface area contributed by atoms with Crippen LogP contribution in [0, 0.1) is 5.82 Å². The van der Waals surface area contributed by atoms with Gasteiger partial charge in [0.05, 0.1) is 17.3 Å². The molecule has 2 fully saturated rings. The van der Waals surface area contributed by atoms with Crippen LogP contribution in [0.25, 0.3) is 22.2 Å². The van der Waals surface area contributed by atoms with Crippen molar-refractivity contribution in [2.24, 2.45) is 0 Å². The Morgan fingerprint density at radius 1 is 0.903 bits per heavy atom. The van der Waals surface area contributed by atoms with E-state index in [0.717, 1.165) is 57.5 Å². The molecule has 0 spiro atoms. The van der Waals surface area contributed by atoms with Crippen molar-refractivity contribution in [1.82, 2.24) is 35.2 Å². The van der Waals surface area contributed by atoms with Crippen LogP contribution in [0.1, 0.15) is 97.5 Å². The molecule has 2 saturated heterocycles. The quantitative estimate of drug-likeness (QED) is 0.109. The van der Waals surface area contributed by atoms with Gasteiger partial charge < -0.3 is 30.3 Å². The van der Waals surface area contributed by atoms with Gasteiger partial charge in [0.2, 0.25) is 0 Å². The van der Waals surface area contributed by atoms with E-state index in [1.165, 1.54) is 6.07 Å². The maximum Gasteiger partial charge on any atom is 0.410 e. The van der Waals surface area contributed by atoms with Gasteiger partial charge in [-0.3, -0.25) is 14.5 Å². The van der Waals surface area contributed by atoms with E-state index in [4.69, 9.17) is 14.5 Å². The number of amides is 3. The lowest BCUT2D eigenvalue weighted by atomic mass is 10.00. The van der Waals surface area contributed by atoms with E-state index < -0.39 is 5.60 Å². The monoisotopic (exact) mass is 846 g/mol. The van der Waals surface area contributed by atoms with E-state index in [-0.39, 0.29) is 48.9 Å². The second-order valence-electron chi connectivity index (χ2n) is 17.2. The first-order valence-corrected chi connectivity index (χ1v) is 21.8. The number of piperazine rings is 1. The van der Waals surface area contributed by atoms with Crippen molar-refractivity contribution in [1.29, 1.82) is 0 Å². The minimum Gasteiger partial charge on any atom is -0.444 e. The Morgan fingerprint density at radius 2 is 1.63 bits per heavy atom. The van der Waals surface area contributed by atoms with Gasteiger partial charge in [-0.05, 0) is 107 Å². The Morgan fingerprint density at radius 3 is 2.32 bits per heavy atom. The number of hydrogen-bond donors (Lipinski definition) is 3. The van der Waals surface area contributed by atoms with Gasteiger partial charge in [-0.2, -0.15) is 5.10 Å². The molecular weight excluding hydrogens is 788 g/mol. The van der Waals surface area contributed by atoms with Crippen LogP contribution in [0.5, 0.6) is 0 Å². The lowest BCUT2D eigenvalue weighted by Gasteiger charge is -2.40. The van der Waals surface area contributed by atoms with Gasteiger partial charge in [0, 0.05) is 99.1 Å². The van der Waals surface area contributed by atoms with Crippen LogP contribution in [-0.4, -0.2) is 93.0 Å². The molecule has 1 atom stereocenters.